The molecule has 0 heterocycles. The van der Waals surface area contributed by atoms with Crippen molar-refractivity contribution in [2.45, 2.75) is 4.11 Å². The highest BCUT2D eigenvalue weighted by atomic mass is 127. The summed E-state index contributed by atoms with van der Waals surface area (Å²) in [6.45, 7) is 0. The van der Waals surface area contributed by atoms with Gasteiger partial charge in [-0.1, -0.05) is 17.7 Å². The molecule has 1 rings (SSSR count). The Morgan fingerprint density at radius 2 is 2.29 bits per heavy atom. The number of benzene rings is 1. The van der Waals surface area contributed by atoms with Gasteiger partial charge in [0.15, 0.2) is 0 Å². The Morgan fingerprint density at radius 1 is 1.64 bits per heavy atom. The summed E-state index contributed by atoms with van der Waals surface area (Å²) < 4.78 is 4.99. The number of halogens is 2. The van der Waals surface area contributed by atoms with Gasteiger partial charge in [0.05, 0.1) is 10.6 Å². The van der Waals surface area contributed by atoms with Gasteiger partial charge < -0.3 is 10.5 Å². The SMILES string of the molecule is COC(I)c1ccc(Cl)c(C(N)=O)c1. The second-order valence-corrected chi connectivity index (χ2v) is 4.19. The molecule has 0 fully saturated rings. The van der Waals surface area contributed by atoms with E-state index >= 15 is 0 Å². The van der Waals surface area contributed by atoms with Gasteiger partial charge in [-0.3, -0.25) is 4.79 Å². The summed E-state index contributed by atoms with van der Waals surface area (Å²) in [5.41, 5.74) is 6.35. The fourth-order valence-corrected chi connectivity index (χ4v) is 1.61. The number of amides is 1. The van der Waals surface area contributed by atoms with E-state index in [1.807, 2.05) is 0 Å². The first kappa shape index (κ1) is 11.7. The normalized spacial score (nSPS) is 12.5. The number of carbonyl (C=O) groups is 1. The molecular weight excluding hydrogens is 316 g/mol. The van der Waals surface area contributed by atoms with E-state index in [0.29, 0.717) is 10.6 Å². The second-order valence-electron chi connectivity index (χ2n) is 2.66. The molecule has 76 valence electrons. The largest absolute Gasteiger partial charge is 0.366 e. The van der Waals surface area contributed by atoms with E-state index in [2.05, 4.69) is 22.6 Å². The van der Waals surface area contributed by atoms with Crippen LogP contribution in [0.4, 0.5) is 0 Å². The first-order valence-electron chi connectivity index (χ1n) is 3.82. The zero-order chi connectivity index (χ0) is 10.7. The van der Waals surface area contributed by atoms with Crippen molar-refractivity contribution in [3.05, 3.63) is 34.3 Å². The summed E-state index contributed by atoms with van der Waals surface area (Å²) >= 11 is 7.90. The molecule has 2 N–H and O–H groups in total. The van der Waals surface area contributed by atoms with Crippen LogP contribution in [-0.4, -0.2) is 13.0 Å². The van der Waals surface area contributed by atoms with Crippen molar-refractivity contribution in [1.29, 1.82) is 0 Å². The van der Waals surface area contributed by atoms with E-state index < -0.39 is 5.91 Å². The minimum atomic E-state index is -0.531. The number of methoxy groups -OCH3 is 1. The maximum absolute atomic E-state index is 11.0. The molecule has 1 aromatic carbocycles. The van der Waals surface area contributed by atoms with Crippen LogP contribution in [0, 0.1) is 0 Å². The third-order valence-corrected chi connectivity index (χ3v) is 3.28. The van der Waals surface area contributed by atoms with E-state index in [1.165, 1.54) is 0 Å². The first-order chi connectivity index (χ1) is 6.56. The molecule has 0 saturated carbocycles. The average Bonchev–Trinajstić information content (AvgIpc) is 2.17. The number of rotatable bonds is 3. The Labute approximate surface area is 101 Å². The van der Waals surface area contributed by atoms with E-state index in [4.69, 9.17) is 22.1 Å². The van der Waals surface area contributed by atoms with Crippen molar-refractivity contribution in [2.75, 3.05) is 7.11 Å². The fourth-order valence-electron chi connectivity index (χ4n) is 1.01. The minimum Gasteiger partial charge on any atom is -0.366 e. The van der Waals surface area contributed by atoms with Gasteiger partial charge in [-0.25, -0.2) is 0 Å². The Bertz CT molecular complexity index is 357. The molecule has 14 heavy (non-hydrogen) atoms. The van der Waals surface area contributed by atoms with Gasteiger partial charge in [-0.15, -0.1) is 0 Å². The van der Waals surface area contributed by atoms with Gasteiger partial charge in [0.25, 0.3) is 0 Å². The topological polar surface area (TPSA) is 52.3 Å². The molecule has 0 aliphatic carbocycles. The summed E-state index contributed by atoms with van der Waals surface area (Å²) in [5, 5.41) is 0.362. The Balaban J connectivity index is 3.12. The van der Waals surface area contributed by atoms with Crippen LogP contribution in [0.25, 0.3) is 0 Å². The number of carbonyl (C=O) groups excluding carboxylic acids is 1. The highest BCUT2D eigenvalue weighted by Gasteiger charge is 2.11. The van der Waals surface area contributed by atoms with Crippen LogP contribution in [0.3, 0.4) is 0 Å². The van der Waals surface area contributed by atoms with E-state index in [1.54, 1.807) is 25.3 Å². The maximum atomic E-state index is 11.0. The van der Waals surface area contributed by atoms with Crippen LogP contribution in [0.15, 0.2) is 18.2 Å². The molecule has 0 saturated heterocycles. The molecule has 1 atom stereocenters. The van der Waals surface area contributed by atoms with Crippen LogP contribution >= 0.6 is 34.2 Å². The lowest BCUT2D eigenvalue weighted by atomic mass is 10.1. The maximum Gasteiger partial charge on any atom is 0.250 e. The van der Waals surface area contributed by atoms with Crippen LogP contribution in [-0.2, 0) is 4.74 Å². The number of alkyl halides is 1. The third-order valence-electron chi connectivity index (χ3n) is 1.72. The standard InChI is InChI=1S/C9H9ClINO2/c1-14-8(11)5-2-3-7(10)6(4-5)9(12)13/h2-4,8H,1H3,(H2,12,13). The summed E-state index contributed by atoms with van der Waals surface area (Å²) in [6, 6.07) is 5.09. The number of nitrogens with two attached hydrogens (primary N) is 1. The minimum absolute atomic E-state index is 0.108. The van der Waals surface area contributed by atoms with Gasteiger partial charge in [0, 0.05) is 7.11 Å². The van der Waals surface area contributed by atoms with Crippen molar-refractivity contribution in [3.63, 3.8) is 0 Å². The molecule has 1 amide bonds. The second kappa shape index (κ2) is 4.95. The van der Waals surface area contributed by atoms with Crippen molar-refractivity contribution in [3.8, 4) is 0 Å². The molecular formula is C9H9ClINO2. The molecule has 5 heteroatoms. The quantitative estimate of drug-likeness (QED) is 0.686. The van der Waals surface area contributed by atoms with Crippen LogP contribution in [0.5, 0.6) is 0 Å². The number of hydrogen-bond acceptors (Lipinski definition) is 2. The Hall–Kier alpha value is -0.330. The van der Waals surface area contributed by atoms with Crippen LogP contribution in [0.2, 0.25) is 5.02 Å². The molecule has 1 unspecified atom stereocenters. The average molecular weight is 326 g/mol. The van der Waals surface area contributed by atoms with Gasteiger partial charge in [-0.2, -0.15) is 0 Å². The lowest BCUT2D eigenvalue weighted by Crippen LogP contribution is -2.12. The molecule has 0 radical (unpaired) electrons. The smallest absolute Gasteiger partial charge is 0.250 e. The number of ether oxygens (including phenoxy) is 1. The lowest BCUT2D eigenvalue weighted by molar-refractivity contribution is 0.1000. The van der Waals surface area contributed by atoms with Crippen molar-refractivity contribution in [1.82, 2.24) is 0 Å². The fraction of sp³-hybridized carbons (Fsp3) is 0.222. The van der Waals surface area contributed by atoms with Crippen LogP contribution < -0.4 is 5.73 Å². The van der Waals surface area contributed by atoms with Gasteiger partial charge in [-0.05, 0) is 40.3 Å². The molecule has 0 aliphatic heterocycles. The summed E-state index contributed by atoms with van der Waals surface area (Å²) in [5.74, 6) is -0.531. The highest BCUT2D eigenvalue weighted by Crippen LogP contribution is 2.27. The first-order valence-corrected chi connectivity index (χ1v) is 5.44. The summed E-state index contributed by atoms with van der Waals surface area (Å²) in [7, 11) is 1.59. The van der Waals surface area contributed by atoms with Crippen molar-refractivity contribution >= 4 is 40.1 Å². The van der Waals surface area contributed by atoms with Crippen LogP contribution in [0.1, 0.15) is 20.0 Å². The predicted molar refractivity (Wildman–Crippen MR) is 63.7 cm³/mol. The summed E-state index contributed by atoms with van der Waals surface area (Å²) in [4.78, 5) is 11.0. The molecule has 0 aromatic heterocycles. The van der Waals surface area contributed by atoms with Gasteiger partial charge in [0.2, 0.25) is 5.91 Å². The zero-order valence-electron chi connectivity index (χ0n) is 7.46. The number of hydrogen-bond donors (Lipinski definition) is 1. The third kappa shape index (κ3) is 2.59. The zero-order valence-corrected chi connectivity index (χ0v) is 10.4. The number of primary amides is 1. The summed E-state index contributed by atoms with van der Waals surface area (Å²) in [6.07, 6.45) is 0. The molecule has 0 aliphatic rings. The van der Waals surface area contributed by atoms with E-state index in [9.17, 15) is 4.79 Å². The lowest BCUT2D eigenvalue weighted by Gasteiger charge is -2.09. The predicted octanol–water partition coefficient (Wildman–Crippen LogP) is 2.52. The molecule has 0 bridgehead atoms. The monoisotopic (exact) mass is 325 g/mol. The molecule has 1 aromatic rings. The molecule has 3 nitrogen and oxygen atoms in total. The van der Waals surface area contributed by atoms with Crippen molar-refractivity contribution in [2.24, 2.45) is 5.73 Å². The Morgan fingerprint density at radius 3 is 2.79 bits per heavy atom. The molecule has 0 spiro atoms. The van der Waals surface area contributed by atoms with Gasteiger partial charge in [0.1, 0.15) is 4.11 Å². The van der Waals surface area contributed by atoms with E-state index in [0.717, 1.165) is 5.56 Å². The van der Waals surface area contributed by atoms with E-state index in [-0.39, 0.29) is 4.11 Å². The van der Waals surface area contributed by atoms with Crippen molar-refractivity contribution < 1.29 is 9.53 Å². The highest BCUT2D eigenvalue weighted by molar-refractivity contribution is 14.1. The van der Waals surface area contributed by atoms with Gasteiger partial charge >= 0.3 is 0 Å². The Kier molecular flexibility index (Phi) is 4.15.